The second-order valence-corrected chi connectivity index (χ2v) is 6.44. The van der Waals surface area contributed by atoms with Gasteiger partial charge in [-0.3, -0.25) is 0 Å². The highest BCUT2D eigenvalue weighted by molar-refractivity contribution is 14.0. The highest BCUT2D eigenvalue weighted by Crippen LogP contribution is 2.29. The van der Waals surface area contributed by atoms with E-state index in [2.05, 4.69) is 34.2 Å². The summed E-state index contributed by atoms with van der Waals surface area (Å²) in [6, 6.07) is 12.3. The van der Waals surface area contributed by atoms with Gasteiger partial charge in [0.25, 0.3) is 0 Å². The van der Waals surface area contributed by atoms with Crippen molar-refractivity contribution in [1.82, 2.24) is 4.90 Å². The molecule has 130 valence electrons. The monoisotopic (exact) mass is 459 g/mol. The lowest BCUT2D eigenvalue weighted by Crippen LogP contribution is -2.44. The minimum Gasteiger partial charge on any atom is -0.497 e. The minimum atomic E-state index is 0. The summed E-state index contributed by atoms with van der Waals surface area (Å²) in [5.41, 5.74) is 7.24. The molecular formula is C17H22IN3O2S. The lowest BCUT2D eigenvalue weighted by atomic mass is 10.2. The Morgan fingerprint density at radius 2 is 1.92 bits per heavy atom. The predicted octanol–water partition coefficient (Wildman–Crippen LogP) is 3.19. The predicted molar refractivity (Wildman–Crippen MR) is 109 cm³/mol. The molecule has 0 saturated carbocycles. The number of hydrogen-bond donors (Lipinski definition) is 1. The normalized spacial score (nSPS) is 15.0. The quantitative estimate of drug-likeness (QED) is 0.434. The first-order valence-corrected chi connectivity index (χ1v) is 8.43. The van der Waals surface area contributed by atoms with Crippen LogP contribution in [0.2, 0.25) is 0 Å². The molecule has 2 N–H and O–H groups in total. The summed E-state index contributed by atoms with van der Waals surface area (Å²) in [5, 5.41) is 0. The maximum absolute atomic E-state index is 6.06. The molecule has 1 aliphatic heterocycles. The van der Waals surface area contributed by atoms with E-state index >= 15 is 0 Å². The van der Waals surface area contributed by atoms with E-state index in [1.807, 2.05) is 12.1 Å². The largest absolute Gasteiger partial charge is 0.497 e. The first-order chi connectivity index (χ1) is 11.3. The highest BCUT2D eigenvalue weighted by atomic mass is 127. The fourth-order valence-electron chi connectivity index (χ4n) is 2.42. The van der Waals surface area contributed by atoms with Crippen LogP contribution in [0.25, 0.3) is 10.4 Å². The van der Waals surface area contributed by atoms with Crippen molar-refractivity contribution in [3.05, 3.63) is 41.3 Å². The molecule has 1 aliphatic rings. The molecule has 7 heteroatoms. The first-order valence-electron chi connectivity index (χ1n) is 7.62. The molecule has 0 radical (unpaired) electrons. The van der Waals surface area contributed by atoms with Gasteiger partial charge in [-0.2, -0.15) is 0 Å². The molecule has 5 nitrogen and oxygen atoms in total. The van der Waals surface area contributed by atoms with Crippen molar-refractivity contribution in [2.75, 3.05) is 33.4 Å². The van der Waals surface area contributed by atoms with Crippen LogP contribution in [0.3, 0.4) is 0 Å². The summed E-state index contributed by atoms with van der Waals surface area (Å²) in [5.74, 6) is 1.47. The van der Waals surface area contributed by atoms with E-state index < -0.39 is 0 Å². The van der Waals surface area contributed by atoms with Crippen molar-refractivity contribution in [1.29, 1.82) is 0 Å². The van der Waals surface area contributed by atoms with Crippen molar-refractivity contribution in [3.63, 3.8) is 0 Å². The number of hydrogen-bond acceptors (Lipinski definition) is 4. The Hall–Kier alpha value is -1.32. The van der Waals surface area contributed by atoms with Crippen LogP contribution in [0.5, 0.6) is 5.75 Å². The van der Waals surface area contributed by atoms with Gasteiger partial charge in [-0.15, -0.1) is 35.3 Å². The number of nitrogens with two attached hydrogens (primary N) is 1. The van der Waals surface area contributed by atoms with E-state index in [-0.39, 0.29) is 24.0 Å². The number of thiophene rings is 1. The lowest BCUT2D eigenvalue weighted by Gasteiger charge is -2.27. The van der Waals surface area contributed by atoms with Crippen molar-refractivity contribution >= 4 is 41.3 Å². The van der Waals surface area contributed by atoms with Gasteiger partial charge >= 0.3 is 0 Å². The third-order valence-electron chi connectivity index (χ3n) is 3.77. The molecule has 3 rings (SSSR count). The third-order valence-corrected chi connectivity index (χ3v) is 4.89. The number of ether oxygens (including phenoxy) is 2. The minimum absolute atomic E-state index is 0. The molecule has 0 bridgehead atoms. The van der Waals surface area contributed by atoms with Crippen molar-refractivity contribution in [3.8, 4) is 16.2 Å². The fourth-order valence-corrected chi connectivity index (χ4v) is 3.36. The number of nitrogens with zero attached hydrogens (tertiary/aromatic N) is 2. The summed E-state index contributed by atoms with van der Waals surface area (Å²) >= 11 is 1.74. The van der Waals surface area contributed by atoms with Crippen molar-refractivity contribution in [2.24, 2.45) is 10.7 Å². The van der Waals surface area contributed by atoms with Crippen LogP contribution >= 0.6 is 35.3 Å². The van der Waals surface area contributed by atoms with E-state index in [0.717, 1.165) is 32.1 Å². The number of aliphatic imine (C=N–C) groups is 1. The molecule has 1 aromatic carbocycles. The summed E-state index contributed by atoms with van der Waals surface area (Å²) in [4.78, 5) is 9.00. The molecule has 0 spiro atoms. The molecule has 2 aromatic rings. The molecule has 0 aliphatic carbocycles. The van der Waals surface area contributed by atoms with Gasteiger partial charge in [-0.25, -0.2) is 4.99 Å². The molecular weight excluding hydrogens is 437 g/mol. The number of morpholine rings is 1. The van der Waals surface area contributed by atoms with Gasteiger partial charge in [0.1, 0.15) is 5.75 Å². The van der Waals surface area contributed by atoms with E-state index in [9.17, 15) is 0 Å². The van der Waals surface area contributed by atoms with Crippen molar-refractivity contribution < 1.29 is 9.47 Å². The summed E-state index contributed by atoms with van der Waals surface area (Å²) in [7, 11) is 1.68. The van der Waals surface area contributed by atoms with Crippen LogP contribution in [-0.4, -0.2) is 44.3 Å². The zero-order valence-electron chi connectivity index (χ0n) is 13.6. The zero-order valence-corrected chi connectivity index (χ0v) is 16.8. The summed E-state index contributed by atoms with van der Waals surface area (Å²) in [6.07, 6.45) is 0. The van der Waals surface area contributed by atoms with Gasteiger partial charge in [0.15, 0.2) is 5.96 Å². The average molecular weight is 459 g/mol. The van der Waals surface area contributed by atoms with Crippen LogP contribution in [0.1, 0.15) is 4.88 Å². The van der Waals surface area contributed by atoms with Gasteiger partial charge in [-0.05, 0) is 42.0 Å². The van der Waals surface area contributed by atoms with Gasteiger partial charge in [0.2, 0.25) is 0 Å². The Labute approximate surface area is 163 Å². The smallest absolute Gasteiger partial charge is 0.191 e. The standard InChI is InChI=1S/C17H21N3O2S.HI/c1-21-14-4-2-13(3-5-14)16-7-6-15(23-16)12-19-17(18)20-8-10-22-11-9-20;/h2-7H,8-12H2,1H3,(H2,18,19);1H. The molecule has 1 aromatic heterocycles. The van der Waals surface area contributed by atoms with Crippen LogP contribution in [0, 0.1) is 0 Å². The van der Waals surface area contributed by atoms with E-state index in [4.69, 9.17) is 15.2 Å². The molecule has 0 amide bonds. The Morgan fingerprint density at radius 3 is 2.58 bits per heavy atom. The SMILES string of the molecule is COc1ccc(-c2ccc(CN=C(N)N3CCOCC3)s2)cc1.I. The van der Waals surface area contributed by atoms with Crippen molar-refractivity contribution in [2.45, 2.75) is 6.54 Å². The molecule has 1 saturated heterocycles. The maximum Gasteiger partial charge on any atom is 0.191 e. The summed E-state index contributed by atoms with van der Waals surface area (Å²) in [6.45, 7) is 3.69. The zero-order chi connectivity index (χ0) is 16.1. The third kappa shape index (κ3) is 4.84. The number of methoxy groups -OCH3 is 1. The molecule has 1 fully saturated rings. The number of benzene rings is 1. The Kier molecular flexibility index (Phi) is 7.32. The van der Waals surface area contributed by atoms with Gasteiger partial charge < -0.3 is 20.1 Å². The second-order valence-electron chi connectivity index (χ2n) is 5.27. The number of guanidine groups is 1. The topological polar surface area (TPSA) is 60.1 Å². The van der Waals surface area contributed by atoms with E-state index in [1.165, 1.54) is 15.3 Å². The summed E-state index contributed by atoms with van der Waals surface area (Å²) < 4.78 is 10.5. The fraction of sp³-hybridized carbons (Fsp3) is 0.353. The van der Waals surface area contributed by atoms with Crippen LogP contribution in [0.15, 0.2) is 41.4 Å². The molecule has 0 unspecified atom stereocenters. The van der Waals surface area contributed by atoms with Crippen LogP contribution < -0.4 is 10.5 Å². The lowest BCUT2D eigenvalue weighted by molar-refractivity contribution is 0.0674. The van der Waals surface area contributed by atoms with E-state index in [0.29, 0.717) is 12.5 Å². The van der Waals surface area contributed by atoms with E-state index in [1.54, 1.807) is 18.4 Å². The molecule has 24 heavy (non-hydrogen) atoms. The molecule has 0 atom stereocenters. The van der Waals surface area contributed by atoms with Gasteiger partial charge in [-0.1, -0.05) is 0 Å². The van der Waals surface area contributed by atoms with Crippen LogP contribution in [-0.2, 0) is 11.3 Å². The van der Waals surface area contributed by atoms with Crippen LogP contribution in [0.4, 0.5) is 0 Å². The second kappa shape index (κ2) is 9.24. The highest BCUT2D eigenvalue weighted by Gasteiger charge is 2.12. The average Bonchev–Trinajstić information content (AvgIpc) is 3.09. The molecule has 2 heterocycles. The Morgan fingerprint density at radius 1 is 1.21 bits per heavy atom. The van der Waals surface area contributed by atoms with Gasteiger partial charge in [0.05, 0.1) is 26.9 Å². The Balaban J connectivity index is 0.00000208. The van der Waals surface area contributed by atoms with Gasteiger partial charge in [0, 0.05) is 22.8 Å². The number of rotatable bonds is 4. The Bertz CT molecular complexity index is 667. The first kappa shape index (κ1) is 19.0. The maximum atomic E-state index is 6.06. The number of halogens is 1.